The van der Waals surface area contributed by atoms with Gasteiger partial charge in [0.2, 0.25) is 0 Å². The molecule has 2 aromatic heterocycles. The standard InChI is InChI=1S/C21H20N4O/c1-26-21(18-7-2-3-10-23-18)16-5-4-6-17(12-16)25-14-24-19-11-15(13-22)8-9-20(19)25/h2-12,14,21H,13,22H2,1H3. The second-order valence-electron chi connectivity index (χ2n) is 6.11. The van der Waals surface area contributed by atoms with E-state index in [1.54, 1.807) is 13.3 Å². The zero-order chi connectivity index (χ0) is 17.9. The van der Waals surface area contributed by atoms with Crippen molar-refractivity contribution in [2.45, 2.75) is 12.6 Å². The zero-order valence-corrected chi connectivity index (χ0v) is 14.5. The number of aromatic nitrogens is 3. The molecule has 5 nitrogen and oxygen atoms in total. The third-order valence-electron chi connectivity index (χ3n) is 4.49. The molecule has 0 aliphatic carbocycles. The Morgan fingerprint density at radius 3 is 2.73 bits per heavy atom. The van der Waals surface area contributed by atoms with Gasteiger partial charge in [0, 0.05) is 25.5 Å². The molecule has 0 radical (unpaired) electrons. The van der Waals surface area contributed by atoms with E-state index in [-0.39, 0.29) is 6.10 Å². The van der Waals surface area contributed by atoms with Crippen LogP contribution in [0.3, 0.4) is 0 Å². The lowest BCUT2D eigenvalue weighted by Crippen LogP contribution is -2.06. The van der Waals surface area contributed by atoms with Gasteiger partial charge >= 0.3 is 0 Å². The van der Waals surface area contributed by atoms with Crippen LogP contribution < -0.4 is 5.73 Å². The van der Waals surface area contributed by atoms with Crippen molar-refractivity contribution in [2.24, 2.45) is 5.73 Å². The third kappa shape index (κ3) is 2.98. The van der Waals surface area contributed by atoms with Crippen LogP contribution >= 0.6 is 0 Å². The van der Waals surface area contributed by atoms with Crippen LogP contribution in [0.5, 0.6) is 0 Å². The monoisotopic (exact) mass is 344 g/mol. The van der Waals surface area contributed by atoms with Crippen molar-refractivity contribution in [3.8, 4) is 5.69 Å². The van der Waals surface area contributed by atoms with E-state index in [1.807, 2.05) is 42.7 Å². The molecule has 0 bridgehead atoms. The first-order valence-corrected chi connectivity index (χ1v) is 8.50. The number of methoxy groups -OCH3 is 1. The number of benzene rings is 2. The average molecular weight is 344 g/mol. The van der Waals surface area contributed by atoms with Crippen LogP contribution in [0, 0.1) is 0 Å². The summed E-state index contributed by atoms with van der Waals surface area (Å²) in [6, 6.07) is 20.2. The van der Waals surface area contributed by atoms with Crippen molar-refractivity contribution in [3.63, 3.8) is 0 Å². The number of hydrogen-bond acceptors (Lipinski definition) is 4. The largest absolute Gasteiger partial charge is 0.370 e. The van der Waals surface area contributed by atoms with Gasteiger partial charge in [-0.05, 0) is 47.5 Å². The van der Waals surface area contributed by atoms with Gasteiger partial charge in [0.1, 0.15) is 12.4 Å². The second kappa shape index (κ2) is 7.07. The SMILES string of the molecule is COC(c1cccc(-n2cnc3cc(CN)ccc32)c1)c1ccccn1. The van der Waals surface area contributed by atoms with Gasteiger partial charge in [-0.3, -0.25) is 9.55 Å². The van der Waals surface area contributed by atoms with E-state index in [0.717, 1.165) is 33.5 Å². The molecular formula is C21H20N4O. The van der Waals surface area contributed by atoms with Crippen molar-refractivity contribution >= 4 is 11.0 Å². The maximum atomic E-state index is 5.73. The minimum Gasteiger partial charge on any atom is -0.370 e. The number of nitrogens with zero attached hydrogens (tertiary/aromatic N) is 3. The van der Waals surface area contributed by atoms with Crippen LogP contribution in [-0.4, -0.2) is 21.6 Å². The molecule has 26 heavy (non-hydrogen) atoms. The number of nitrogens with two attached hydrogens (primary N) is 1. The predicted molar refractivity (Wildman–Crippen MR) is 102 cm³/mol. The van der Waals surface area contributed by atoms with E-state index in [1.165, 1.54) is 0 Å². The molecule has 2 aromatic carbocycles. The highest BCUT2D eigenvalue weighted by Crippen LogP contribution is 2.27. The number of imidazole rings is 1. The van der Waals surface area contributed by atoms with Gasteiger partial charge in [-0.15, -0.1) is 0 Å². The van der Waals surface area contributed by atoms with Gasteiger partial charge in [0.05, 0.1) is 16.7 Å². The number of ether oxygens (including phenoxy) is 1. The first kappa shape index (κ1) is 16.4. The van der Waals surface area contributed by atoms with Crippen molar-refractivity contribution < 1.29 is 4.74 Å². The summed E-state index contributed by atoms with van der Waals surface area (Å²) in [5.41, 5.74) is 11.7. The Hall–Kier alpha value is -3.02. The molecule has 0 fully saturated rings. The predicted octanol–water partition coefficient (Wildman–Crippen LogP) is 3.62. The summed E-state index contributed by atoms with van der Waals surface area (Å²) in [6.45, 7) is 0.512. The molecule has 4 aromatic rings. The Morgan fingerprint density at radius 1 is 1.04 bits per heavy atom. The molecule has 1 unspecified atom stereocenters. The van der Waals surface area contributed by atoms with Crippen LogP contribution in [0.4, 0.5) is 0 Å². The molecule has 2 N–H and O–H groups in total. The average Bonchev–Trinajstić information content (AvgIpc) is 3.13. The number of pyridine rings is 1. The summed E-state index contributed by atoms with van der Waals surface area (Å²) in [4.78, 5) is 8.95. The minimum atomic E-state index is -0.213. The molecule has 0 aliphatic rings. The van der Waals surface area contributed by atoms with Crippen LogP contribution in [0.25, 0.3) is 16.7 Å². The lowest BCUT2D eigenvalue weighted by Gasteiger charge is -2.16. The Bertz CT molecular complexity index is 1030. The summed E-state index contributed by atoms with van der Waals surface area (Å²) in [6.07, 6.45) is 3.41. The van der Waals surface area contributed by atoms with Crippen LogP contribution in [0.1, 0.15) is 22.9 Å². The highest BCUT2D eigenvalue weighted by atomic mass is 16.5. The van der Waals surface area contributed by atoms with Gasteiger partial charge in [-0.25, -0.2) is 4.98 Å². The van der Waals surface area contributed by atoms with Gasteiger partial charge in [-0.2, -0.15) is 0 Å². The fourth-order valence-corrected chi connectivity index (χ4v) is 3.19. The van der Waals surface area contributed by atoms with Crippen molar-refractivity contribution in [2.75, 3.05) is 7.11 Å². The van der Waals surface area contributed by atoms with Gasteiger partial charge in [0.25, 0.3) is 0 Å². The Balaban J connectivity index is 1.76. The van der Waals surface area contributed by atoms with E-state index in [9.17, 15) is 0 Å². The third-order valence-corrected chi connectivity index (χ3v) is 4.49. The normalized spacial score (nSPS) is 12.4. The molecule has 1 atom stereocenters. The molecule has 2 heterocycles. The zero-order valence-electron chi connectivity index (χ0n) is 14.5. The smallest absolute Gasteiger partial charge is 0.124 e. The second-order valence-corrected chi connectivity index (χ2v) is 6.11. The number of rotatable bonds is 5. The lowest BCUT2D eigenvalue weighted by atomic mass is 10.0. The van der Waals surface area contributed by atoms with E-state index in [0.29, 0.717) is 6.54 Å². The molecule has 0 saturated carbocycles. The maximum Gasteiger partial charge on any atom is 0.124 e. The molecule has 4 rings (SSSR count). The van der Waals surface area contributed by atoms with Crippen LogP contribution in [0.2, 0.25) is 0 Å². The fourth-order valence-electron chi connectivity index (χ4n) is 3.19. The molecule has 130 valence electrons. The number of fused-ring (bicyclic) bond motifs is 1. The first-order chi connectivity index (χ1) is 12.8. The molecule has 0 amide bonds. The maximum absolute atomic E-state index is 5.73. The summed E-state index contributed by atoms with van der Waals surface area (Å²) in [5, 5.41) is 0. The fraction of sp³-hybridized carbons (Fsp3) is 0.143. The quantitative estimate of drug-likeness (QED) is 0.600. The van der Waals surface area contributed by atoms with Crippen LogP contribution in [0.15, 0.2) is 73.2 Å². The van der Waals surface area contributed by atoms with E-state index < -0.39 is 0 Å². The first-order valence-electron chi connectivity index (χ1n) is 8.50. The van der Waals surface area contributed by atoms with Crippen molar-refractivity contribution in [1.82, 2.24) is 14.5 Å². The van der Waals surface area contributed by atoms with Gasteiger partial charge in [0.15, 0.2) is 0 Å². The van der Waals surface area contributed by atoms with E-state index >= 15 is 0 Å². The summed E-state index contributed by atoms with van der Waals surface area (Å²) in [5.74, 6) is 0. The van der Waals surface area contributed by atoms with Gasteiger partial charge < -0.3 is 10.5 Å². The van der Waals surface area contributed by atoms with Crippen molar-refractivity contribution in [3.05, 3.63) is 90.0 Å². The minimum absolute atomic E-state index is 0.213. The van der Waals surface area contributed by atoms with Crippen molar-refractivity contribution in [1.29, 1.82) is 0 Å². The summed E-state index contributed by atoms with van der Waals surface area (Å²) < 4.78 is 7.78. The molecule has 0 saturated heterocycles. The van der Waals surface area contributed by atoms with Gasteiger partial charge in [-0.1, -0.05) is 24.3 Å². The topological polar surface area (TPSA) is 66.0 Å². The Labute approximate surface area is 152 Å². The van der Waals surface area contributed by atoms with Crippen LogP contribution in [-0.2, 0) is 11.3 Å². The van der Waals surface area contributed by atoms with E-state index in [4.69, 9.17) is 10.5 Å². The summed E-state index contributed by atoms with van der Waals surface area (Å²) in [7, 11) is 1.70. The Morgan fingerprint density at radius 2 is 1.96 bits per heavy atom. The highest BCUT2D eigenvalue weighted by Gasteiger charge is 2.15. The summed E-state index contributed by atoms with van der Waals surface area (Å²) >= 11 is 0. The lowest BCUT2D eigenvalue weighted by molar-refractivity contribution is 0.133. The molecular weight excluding hydrogens is 324 g/mol. The molecule has 5 heteroatoms. The number of hydrogen-bond donors (Lipinski definition) is 1. The Kier molecular flexibility index (Phi) is 4.48. The highest BCUT2D eigenvalue weighted by molar-refractivity contribution is 5.78. The van der Waals surface area contributed by atoms with E-state index in [2.05, 4.69) is 38.8 Å². The molecule has 0 aliphatic heterocycles. The molecule has 0 spiro atoms.